The van der Waals surface area contributed by atoms with E-state index in [1.807, 2.05) is 25.7 Å². The van der Waals surface area contributed by atoms with Gasteiger partial charge in [0, 0.05) is 37.6 Å². The first kappa shape index (κ1) is 17.8. The maximum atomic E-state index is 12.8. The molecule has 0 radical (unpaired) electrons. The van der Waals surface area contributed by atoms with Crippen molar-refractivity contribution in [2.45, 2.75) is 65.0 Å². The van der Waals surface area contributed by atoms with Crippen LogP contribution in [0.25, 0.3) is 0 Å². The number of likely N-dealkylation sites (tertiary alicyclic amines) is 1. The van der Waals surface area contributed by atoms with Crippen LogP contribution in [0.3, 0.4) is 0 Å². The molecule has 23 heavy (non-hydrogen) atoms. The third-order valence-electron chi connectivity index (χ3n) is 4.66. The lowest BCUT2D eigenvalue weighted by molar-refractivity contribution is 0.162. The van der Waals surface area contributed by atoms with Crippen LogP contribution in [0.2, 0.25) is 0 Å². The standard InChI is InChI=1S/C17H30N4O2/c1-12(9-11-23-4)18-17(22)21-10-7-5-6-8-15(21)16-13(2)19-20-14(16)3/h12,15H,5-11H2,1-4H3,(H,18,22)(H,19,20). The fraction of sp³-hybridized carbons (Fsp3) is 0.765. The molecule has 1 aromatic rings. The number of rotatable bonds is 5. The number of carbonyl (C=O) groups excluding carboxylic acids is 1. The van der Waals surface area contributed by atoms with E-state index in [0.717, 1.165) is 43.6 Å². The van der Waals surface area contributed by atoms with Crippen molar-refractivity contribution in [3.8, 4) is 0 Å². The van der Waals surface area contributed by atoms with Gasteiger partial charge in [-0.3, -0.25) is 5.10 Å². The van der Waals surface area contributed by atoms with E-state index in [9.17, 15) is 4.79 Å². The number of aromatic nitrogens is 2. The highest BCUT2D eigenvalue weighted by atomic mass is 16.5. The van der Waals surface area contributed by atoms with Crippen molar-refractivity contribution in [3.05, 3.63) is 17.0 Å². The predicted molar refractivity (Wildman–Crippen MR) is 90.5 cm³/mol. The summed E-state index contributed by atoms with van der Waals surface area (Å²) >= 11 is 0. The summed E-state index contributed by atoms with van der Waals surface area (Å²) in [5.74, 6) is 0. The first-order valence-corrected chi connectivity index (χ1v) is 8.62. The number of H-pyrrole nitrogens is 1. The van der Waals surface area contributed by atoms with Crippen LogP contribution >= 0.6 is 0 Å². The molecule has 6 heteroatoms. The lowest BCUT2D eigenvalue weighted by Gasteiger charge is -2.32. The Balaban J connectivity index is 2.13. The highest BCUT2D eigenvalue weighted by Gasteiger charge is 2.30. The van der Waals surface area contributed by atoms with E-state index in [4.69, 9.17) is 4.74 Å². The van der Waals surface area contributed by atoms with Gasteiger partial charge >= 0.3 is 6.03 Å². The summed E-state index contributed by atoms with van der Waals surface area (Å²) in [6.07, 6.45) is 5.21. The van der Waals surface area contributed by atoms with E-state index < -0.39 is 0 Å². The number of ether oxygens (including phenoxy) is 1. The molecule has 0 bridgehead atoms. The molecule has 2 amide bonds. The lowest BCUT2D eigenvalue weighted by Crippen LogP contribution is -2.46. The van der Waals surface area contributed by atoms with Crippen molar-refractivity contribution in [3.63, 3.8) is 0 Å². The number of aromatic amines is 1. The quantitative estimate of drug-likeness (QED) is 0.875. The summed E-state index contributed by atoms with van der Waals surface area (Å²) in [5, 5.41) is 10.5. The molecule has 2 heterocycles. The van der Waals surface area contributed by atoms with Crippen molar-refractivity contribution in [1.82, 2.24) is 20.4 Å². The van der Waals surface area contributed by atoms with E-state index in [1.54, 1.807) is 7.11 Å². The van der Waals surface area contributed by atoms with Crippen LogP contribution in [0.1, 0.15) is 62.0 Å². The third kappa shape index (κ3) is 4.47. The molecule has 2 N–H and O–H groups in total. The van der Waals surface area contributed by atoms with Gasteiger partial charge in [0.1, 0.15) is 0 Å². The van der Waals surface area contributed by atoms with Gasteiger partial charge in [-0.2, -0.15) is 5.10 Å². The second-order valence-electron chi connectivity index (χ2n) is 6.54. The SMILES string of the molecule is COCCC(C)NC(=O)N1CCCCCC1c1c(C)n[nH]c1C. The van der Waals surface area contributed by atoms with Gasteiger partial charge in [0.05, 0.1) is 11.7 Å². The summed E-state index contributed by atoms with van der Waals surface area (Å²) in [6, 6.07) is 0.254. The topological polar surface area (TPSA) is 70.2 Å². The molecule has 2 rings (SSSR count). The maximum Gasteiger partial charge on any atom is 0.318 e. The van der Waals surface area contributed by atoms with Gasteiger partial charge in [-0.15, -0.1) is 0 Å². The maximum absolute atomic E-state index is 12.8. The van der Waals surface area contributed by atoms with Crippen molar-refractivity contribution >= 4 is 6.03 Å². The lowest BCUT2D eigenvalue weighted by atomic mass is 9.99. The molecule has 0 saturated carbocycles. The number of urea groups is 1. The molecule has 1 aromatic heterocycles. The zero-order chi connectivity index (χ0) is 16.8. The Bertz CT molecular complexity index is 495. The molecule has 2 atom stereocenters. The zero-order valence-electron chi connectivity index (χ0n) is 14.8. The molecule has 6 nitrogen and oxygen atoms in total. The molecule has 0 aromatic carbocycles. The van der Waals surface area contributed by atoms with Crippen LogP contribution in [0.5, 0.6) is 0 Å². The van der Waals surface area contributed by atoms with Gasteiger partial charge < -0.3 is 15.0 Å². The number of amides is 2. The number of carbonyl (C=O) groups is 1. The van der Waals surface area contributed by atoms with E-state index in [-0.39, 0.29) is 18.1 Å². The van der Waals surface area contributed by atoms with Crippen LogP contribution in [0.4, 0.5) is 4.79 Å². The largest absolute Gasteiger partial charge is 0.385 e. The van der Waals surface area contributed by atoms with Gasteiger partial charge in [-0.25, -0.2) is 4.79 Å². The van der Waals surface area contributed by atoms with Crippen molar-refractivity contribution in [2.24, 2.45) is 0 Å². The smallest absolute Gasteiger partial charge is 0.318 e. The molecule has 1 aliphatic rings. The Hall–Kier alpha value is -1.56. The minimum absolute atomic E-state index is 0.0282. The van der Waals surface area contributed by atoms with Crippen LogP contribution in [0.15, 0.2) is 0 Å². The number of hydrogen-bond acceptors (Lipinski definition) is 3. The Morgan fingerprint density at radius 3 is 2.87 bits per heavy atom. The number of aryl methyl sites for hydroxylation is 2. The molecule has 1 fully saturated rings. The number of methoxy groups -OCH3 is 1. The van der Waals surface area contributed by atoms with Crippen LogP contribution in [0, 0.1) is 13.8 Å². The first-order chi connectivity index (χ1) is 11.0. The normalized spacial score (nSPS) is 20.2. The Morgan fingerprint density at radius 1 is 1.43 bits per heavy atom. The van der Waals surface area contributed by atoms with E-state index >= 15 is 0 Å². The Labute approximate surface area is 139 Å². The minimum Gasteiger partial charge on any atom is -0.385 e. The highest BCUT2D eigenvalue weighted by Crippen LogP contribution is 2.33. The highest BCUT2D eigenvalue weighted by molar-refractivity contribution is 5.75. The van der Waals surface area contributed by atoms with Crippen molar-refractivity contribution in [2.75, 3.05) is 20.3 Å². The summed E-state index contributed by atoms with van der Waals surface area (Å²) < 4.78 is 5.09. The van der Waals surface area contributed by atoms with E-state index in [2.05, 4.69) is 15.5 Å². The average Bonchev–Trinajstić information content (AvgIpc) is 2.73. The van der Waals surface area contributed by atoms with Crippen molar-refractivity contribution in [1.29, 1.82) is 0 Å². The predicted octanol–water partition coefficient (Wildman–Crippen LogP) is 3.08. The van der Waals surface area contributed by atoms with Crippen LogP contribution in [-0.4, -0.2) is 47.4 Å². The third-order valence-corrected chi connectivity index (χ3v) is 4.66. The molecular formula is C17H30N4O2. The van der Waals surface area contributed by atoms with Gasteiger partial charge in [0.25, 0.3) is 0 Å². The molecule has 1 aliphatic heterocycles. The summed E-state index contributed by atoms with van der Waals surface area (Å²) in [6.45, 7) is 7.54. The first-order valence-electron chi connectivity index (χ1n) is 8.62. The molecule has 1 saturated heterocycles. The summed E-state index contributed by atoms with van der Waals surface area (Å²) in [7, 11) is 1.68. The van der Waals surface area contributed by atoms with Gasteiger partial charge in [-0.05, 0) is 40.0 Å². The second kappa shape index (κ2) is 8.34. The second-order valence-corrected chi connectivity index (χ2v) is 6.54. The molecular weight excluding hydrogens is 292 g/mol. The van der Waals surface area contributed by atoms with E-state index in [1.165, 1.54) is 12.0 Å². The van der Waals surface area contributed by atoms with Gasteiger partial charge in [-0.1, -0.05) is 12.8 Å². The Morgan fingerprint density at radius 2 is 2.22 bits per heavy atom. The van der Waals surface area contributed by atoms with Crippen LogP contribution in [-0.2, 0) is 4.74 Å². The molecule has 0 spiro atoms. The van der Waals surface area contributed by atoms with Crippen LogP contribution < -0.4 is 5.32 Å². The average molecular weight is 322 g/mol. The van der Waals surface area contributed by atoms with Gasteiger partial charge in [0.15, 0.2) is 0 Å². The molecule has 2 unspecified atom stereocenters. The fourth-order valence-corrected chi connectivity index (χ4v) is 3.36. The van der Waals surface area contributed by atoms with Crippen molar-refractivity contribution < 1.29 is 9.53 Å². The zero-order valence-corrected chi connectivity index (χ0v) is 14.8. The molecule has 130 valence electrons. The number of nitrogens with one attached hydrogen (secondary N) is 2. The Kier molecular flexibility index (Phi) is 6.45. The number of hydrogen-bond donors (Lipinski definition) is 2. The number of nitrogens with zero attached hydrogens (tertiary/aromatic N) is 2. The summed E-state index contributed by atoms with van der Waals surface area (Å²) in [4.78, 5) is 14.8. The van der Waals surface area contributed by atoms with E-state index in [0.29, 0.717) is 6.61 Å². The fourth-order valence-electron chi connectivity index (χ4n) is 3.36. The summed E-state index contributed by atoms with van der Waals surface area (Å²) in [5.41, 5.74) is 3.26. The monoisotopic (exact) mass is 322 g/mol. The van der Waals surface area contributed by atoms with Gasteiger partial charge in [0.2, 0.25) is 0 Å². The minimum atomic E-state index is 0.0282. The molecule has 0 aliphatic carbocycles.